The van der Waals surface area contributed by atoms with E-state index in [0.29, 0.717) is 10.4 Å². The second kappa shape index (κ2) is 7.15. The summed E-state index contributed by atoms with van der Waals surface area (Å²) in [6, 6.07) is 5.21. The van der Waals surface area contributed by atoms with Gasteiger partial charge in [-0.1, -0.05) is 12.1 Å². The fourth-order valence-corrected chi connectivity index (χ4v) is 3.24. The maximum atomic E-state index is 10.9. The van der Waals surface area contributed by atoms with Crippen molar-refractivity contribution in [3.05, 3.63) is 38.3 Å². The molecule has 1 saturated heterocycles. The third-order valence-corrected chi connectivity index (χ3v) is 4.58. The number of benzene rings is 1. The molecule has 1 fully saturated rings. The van der Waals surface area contributed by atoms with Crippen LogP contribution in [0.25, 0.3) is 0 Å². The van der Waals surface area contributed by atoms with Gasteiger partial charge in [0.05, 0.1) is 9.40 Å². The zero-order valence-electron chi connectivity index (χ0n) is 11.6. The van der Waals surface area contributed by atoms with E-state index in [2.05, 4.69) is 33.2 Å². The van der Waals surface area contributed by atoms with E-state index in [0.717, 1.165) is 31.7 Å². The number of nitro groups is 1. The lowest BCUT2D eigenvalue weighted by Gasteiger charge is -2.27. The van der Waals surface area contributed by atoms with E-state index in [1.54, 1.807) is 6.07 Å². The van der Waals surface area contributed by atoms with Gasteiger partial charge < -0.3 is 10.2 Å². The van der Waals surface area contributed by atoms with Gasteiger partial charge in [0.25, 0.3) is 5.69 Å². The first kappa shape index (κ1) is 15.4. The molecule has 0 amide bonds. The van der Waals surface area contributed by atoms with Crippen LogP contribution in [0.4, 0.5) is 5.69 Å². The molecule has 1 aromatic carbocycles. The van der Waals surface area contributed by atoms with Gasteiger partial charge in [-0.2, -0.15) is 0 Å². The summed E-state index contributed by atoms with van der Waals surface area (Å²) in [6.07, 6.45) is 2.49. The Balaban J connectivity index is 1.98. The molecule has 1 aromatic rings. The maximum Gasteiger partial charge on any atom is 0.283 e. The molecule has 1 aliphatic rings. The summed E-state index contributed by atoms with van der Waals surface area (Å²) in [7, 11) is 2.07. The van der Waals surface area contributed by atoms with Crippen LogP contribution in [0.2, 0.25) is 0 Å². The highest BCUT2D eigenvalue weighted by molar-refractivity contribution is 9.10. The maximum absolute atomic E-state index is 10.9. The lowest BCUT2D eigenvalue weighted by Crippen LogP contribution is -2.36. The molecule has 1 unspecified atom stereocenters. The number of nitrogens with one attached hydrogen (secondary N) is 1. The Morgan fingerprint density at radius 2 is 2.35 bits per heavy atom. The predicted molar refractivity (Wildman–Crippen MR) is 82.7 cm³/mol. The Kier molecular flexibility index (Phi) is 5.51. The molecular formula is C14H20BrN3O2. The van der Waals surface area contributed by atoms with Crippen LogP contribution in [0.15, 0.2) is 22.7 Å². The van der Waals surface area contributed by atoms with Crippen molar-refractivity contribution < 1.29 is 4.92 Å². The topological polar surface area (TPSA) is 58.4 Å². The molecule has 1 aliphatic heterocycles. The van der Waals surface area contributed by atoms with Crippen molar-refractivity contribution in [1.82, 2.24) is 10.2 Å². The van der Waals surface area contributed by atoms with Gasteiger partial charge >= 0.3 is 0 Å². The first-order valence-electron chi connectivity index (χ1n) is 6.89. The Bertz CT molecular complexity index is 475. The summed E-state index contributed by atoms with van der Waals surface area (Å²) in [5.74, 6) is 0.672. The molecule has 0 radical (unpaired) electrons. The lowest BCUT2D eigenvalue weighted by atomic mass is 9.99. The fourth-order valence-electron chi connectivity index (χ4n) is 2.71. The third-order valence-electron chi connectivity index (χ3n) is 3.66. The zero-order valence-corrected chi connectivity index (χ0v) is 13.2. The lowest BCUT2D eigenvalue weighted by molar-refractivity contribution is -0.385. The van der Waals surface area contributed by atoms with Crippen LogP contribution in [0.3, 0.4) is 0 Å². The third kappa shape index (κ3) is 4.01. The van der Waals surface area contributed by atoms with Crippen LogP contribution < -0.4 is 5.32 Å². The Hall–Kier alpha value is -0.980. The van der Waals surface area contributed by atoms with E-state index in [9.17, 15) is 10.1 Å². The van der Waals surface area contributed by atoms with Crippen molar-refractivity contribution in [2.45, 2.75) is 19.4 Å². The van der Waals surface area contributed by atoms with Crippen LogP contribution in [0.5, 0.6) is 0 Å². The van der Waals surface area contributed by atoms with Gasteiger partial charge in [0.15, 0.2) is 0 Å². The highest BCUT2D eigenvalue weighted by atomic mass is 79.9. The normalized spacial score (nSPS) is 19.2. The van der Waals surface area contributed by atoms with Crippen LogP contribution in [-0.4, -0.2) is 36.5 Å². The van der Waals surface area contributed by atoms with E-state index in [4.69, 9.17) is 0 Å². The Labute approximate surface area is 127 Å². The van der Waals surface area contributed by atoms with E-state index >= 15 is 0 Å². The van der Waals surface area contributed by atoms with Crippen LogP contribution in [0.1, 0.15) is 18.4 Å². The summed E-state index contributed by atoms with van der Waals surface area (Å²) in [6.45, 7) is 3.93. The first-order chi connectivity index (χ1) is 9.58. The van der Waals surface area contributed by atoms with E-state index in [1.807, 2.05) is 6.07 Å². The Morgan fingerprint density at radius 3 is 3.00 bits per heavy atom. The summed E-state index contributed by atoms with van der Waals surface area (Å²) in [5.41, 5.74) is 1.10. The quantitative estimate of drug-likeness (QED) is 0.660. The molecule has 0 saturated carbocycles. The standard InChI is InChI=1S/C14H20BrN3O2/c1-17(9-11-4-3-7-16-8-11)10-12-5-2-6-13(14(12)15)18(19)20/h2,5-6,11,16H,3-4,7-10H2,1H3. The number of halogens is 1. The summed E-state index contributed by atoms with van der Waals surface area (Å²) in [5, 5.41) is 14.3. The van der Waals surface area contributed by atoms with Crippen LogP contribution in [0, 0.1) is 16.0 Å². The molecule has 6 heteroatoms. The second-order valence-corrected chi connectivity index (χ2v) is 6.21. The smallest absolute Gasteiger partial charge is 0.283 e. The number of nitrogens with zero attached hydrogens (tertiary/aromatic N) is 2. The van der Waals surface area contributed by atoms with Gasteiger partial charge in [-0.3, -0.25) is 10.1 Å². The summed E-state index contributed by atoms with van der Waals surface area (Å²) >= 11 is 3.35. The molecule has 1 heterocycles. The van der Waals surface area contributed by atoms with E-state index in [-0.39, 0.29) is 10.6 Å². The molecule has 1 atom stereocenters. The van der Waals surface area contributed by atoms with Crippen molar-refractivity contribution in [1.29, 1.82) is 0 Å². The minimum absolute atomic E-state index is 0.134. The molecule has 1 N–H and O–H groups in total. The molecule has 0 aromatic heterocycles. The average Bonchev–Trinajstić information content (AvgIpc) is 2.42. The molecule has 20 heavy (non-hydrogen) atoms. The zero-order chi connectivity index (χ0) is 14.5. The molecule has 110 valence electrons. The number of hydrogen-bond donors (Lipinski definition) is 1. The van der Waals surface area contributed by atoms with Gasteiger partial charge in [-0.25, -0.2) is 0 Å². The highest BCUT2D eigenvalue weighted by Crippen LogP contribution is 2.29. The van der Waals surface area contributed by atoms with Crippen LogP contribution in [-0.2, 0) is 6.54 Å². The minimum atomic E-state index is -0.349. The highest BCUT2D eigenvalue weighted by Gasteiger charge is 2.18. The number of nitro benzene ring substituents is 1. The van der Waals surface area contributed by atoms with Crippen molar-refractivity contribution >= 4 is 21.6 Å². The van der Waals surface area contributed by atoms with Crippen molar-refractivity contribution in [3.63, 3.8) is 0 Å². The Morgan fingerprint density at radius 1 is 1.55 bits per heavy atom. The van der Waals surface area contributed by atoms with Crippen molar-refractivity contribution in [2.24, 2.45) is 5.92 Å². The summed E-state index contributed by atoms with van der Waals surface area (Å²) in [4.78, 5) is 12.8. The monoisotopic (exact) mass is 341 g/mol. The molecular weight excluding hydrogens is 322 g/mol. The molecule has 2 rings (SSSR count). The molecule has 0 bridgehead atoms. The van der Waals surface area contributed by atoms with E-state index < -0.39 is 0 Å². The van der Waals surface area contributed by atoms with Crippen molar-refractivity contribution in [2.75, 3.05) is 26.7 Å². The van der Waals surface area contributed by atoms with E-state index in [1.165, 1.54) is 18.9 Å². The number of rotatable bonds is 5. The average molecular weight is 342 g/mol. The van der Waals surface area contributed by atoms with Gasteiger partial charge in [-0.15, -0.1) is 0 Å². The van der Waals surface area contributed by atoms with Crippen molar-refractivity contribution in [3.8, 4) is 0 Å². The van der Waals surface area contributed by atoms with Gasteiger partial charge in [-0.05, 0) is 60.4 Å². The minimum Gasteiger partial charge on any atom is -0.316 e. The molecule has 5 nitrogen and oxygen atoms in total. The molecule has 0 spiro atoms. The van der Waals surface area contributed by atoms with Gasteiger partial charge in [0.2, 0.25) is 0 Å². The fraction of sp³-hybridized carbons (Fsp3) is 0.571. The SMILES string of the molecule is CN(Cc1cccc([N+](=O)[O-])c1Br)CC1CCCNC1. The first-order valence-corrected chi connectivity index (χ1v) is 7.68. The number of piperidine rings is 1. The second-order valence-electron chi connectivity index (χ2n) is 5.42. The summed E-state index contributed by atoms with van der Waals surface area (Å²) < 4.78 is 0.596. The number of hydrogen-bond acceptors (Lipinski definition) is 4. The predicted octanol–water partition coefficient (Wildman–Crippen LogP) is 2.79. The van der Waals surface area contributed by atoms with Crippen LogP contribution >= 0.6 is 15.9 Å². The molecule has 0 aliphatic carbocycles. The largest absolute Gasteiger partial charge is 0.316 e. The van der Waals surface area contributed by atoms with Gasteiger partial charge in [0.1, 0.15) is 0 Å². The van der Waals surface area contributed by atoms with Gasteiger partial charge in [0, 0.05) is 19.2 Å².